The standard InChI is InChI=1S/C14H18N2O2.C2H4O2/c1-8-14(3,4)10-6-13(18)11(15-9(2)17)7-12(10)16(8)5;1-2(3)4/h6-7H,1-5H3,(H-,15,17,18);1H3,(H,3,4). The van der Waals surface area contributed by atoms with Crippen LogP contribution in [0, 0.1) is 0 Å². The SMILES string of the molecule is CC(=O)Nc1cc2c(cc1O)C(C)(C)C(C)=[N+]2C.CC(=O)[O-]. The number of aromatic hydroxyl groups is 1. The second-order valence-electron chi connectivity index (χ2n) is 5.83. The van der Waals surface area contributed by atoms with Gasteiger partial charge in [0.2, 0.25) is 11.6 Å². The Bertz CT molecular complexity index is 656. The summed E-state index contributed by atoms with van der Waals surface area (Å²) in [6, 6.07) is 3.57. The van der Waals surface area contributed by atoms with Crippen molar-refractivity contribution in [3.63, 3.8) is 0 Å². The summed E-state index contributed by atoms with van der Waals surface area (Å²) in [5.41, 5.74) is 3.68. The monoisotopic (exact) mass is 306 g/mol. The fourth-order valence-corrected chi connectivity index (χ4v) is 2.44. The molecule has 2 rings (SSSR count). The third-order valence-electron chi connectivity index (χ3n) is 3.87. The van der Waals surface area contributed by atoms with Crippen LogP contribution < -0.4 is 10.4 Å². The molecule has 0 spiro atoms. The minimum absolute atomic E-state index is 0.101. The van der Waals surface area contributed by atoms with Gasteiger partial charge >= 0.3 is 0 Å². The van der Waals surface area contributed by atoms with Crippen LogP contribution in [0.25, 0.3) is 0 Å². The van der Waals surface area contributed by atoms with Gasteiger partial charge in [0.1, 0.15) is 12.8 Å². The van der Waals surface area contributed by atoms with Crippen LogP contribution in [0.15, 0.2) is 12.1 Å². The van der Waals surface area contributed by atoms with E-state index in [0.29, 0.717) is 5.69 Å². The Morgan fingerprint density at radius 3 is 2.23 bits per heavy atom. The summed E-state index contributed by atoms with van der Waals surface area (Å²) >= 11 is 0. The zero-order chi connectivity index (χ0) is 17.2. The van der Waals surface area contributed by atoms with E-state index in [1.165, 1.54) is 12.6 Å². The van der Waals surface area contributed by atoms with Crippen LogP contribution >= 0.6 is 0 Å². The summed E-state index contributed by atoms with van der Waals surface area (Å²) in [6.07, 6.45) is 0. The summed E-state index contributed by atoms with van der Waals surface area (Å²) < 4.78 is 2.10. The van der Waals surface area contributed by atoms with Gasteiger partial charge in [0.15, 0.2) is 5.71 Å². The molecular weight excluding hydrogens is 284 g/mol. The number of nitrogens with zero attached hydrogens (tertiary/aromatic N) is 1. The number of hydrogen-bond donors (Lipinski definition) is 2. The van der Waals surface area contributed by atoms with Crippen LogP contribution in [0.4, 0.5) is 11.4 Å². The van der Waals surface area contributed by atoms with Crippen molar-refractivity contribution in [1.29, 1.82) is 0 Å². The van der Waals surface area contributed by atoms with Crippen LogP contribution in [0.1, 0.15) is 40.2 Å². The maximum Gasteiger partial charge on any atom is 0.221 e. The Morgan fingerprint density at radius 1 is 1.27 bits per heavy atom. The van der Waals surface area contributed by atoms with Gasteiger partial charge < -0.3 is 20.3 Å². The number of hydrogen-bond acceptors (Lipinski definition) is 4. The van der Waals surface area contributed by atoms with E-state index < -0.39 is 5.97 Å². The minimum Gasteiger partial charge on any atom is -0.550 e. The zero-order valence-corrected chi connectivity index (χ0v) is 13.8. The van der Waals surface area contributed by atoms with Gasteiger partial charge in [-0.15, -0.1) is 0 Å². The van der Waals surface area contributed by atoms with Crippen LogP contribution in [0.5, 0.6) is 5.75 Å². The average Bonchev–Trinajstić information content (AvgIpc) is 2.51. The molecule has 1 aliphatic heterocycles. The zero-order valence-electron chi connectivity index (χ0n) is 13.8. The van der Waals surface area contributed by atoms with Crippen molar-refractivity contribution < 1.29 is 24.4 Å². The van der Waals surface area contributed by atoms with Crippen LogP contribution in [-0.2, 0) is 15.0 Å². The molecule has 0 aromatic heterocycles. The minimum atomic E-state index is -1.08. The van der Waals surface area contributed by atoms with Gasteiger partial charge in [-0.2, -0.15) is 0 Å². The van der Waals surface area contributed by atoms with E-state index in [0.717, 1.165) is 18.2 Å². The van der Waals surface area contributed by atoms with E-state index in [9.17, 15) is 9.90 Å². The quantitative estimate of drug-likeness (QED) is 0.601. The van der Waals surface area contributed by atoms with Gasteiger partial charge in [-0.05, 0) is 26.8 Å². The molecule has 0 bridgehead atoms. The normalized spacial score (nSPS) is 14.8. The summed E-state index contributed by atoms with van der Waals surface area (Å²) in [5.74, 6) is -1.16. The van der Waals surface area contributed by atoms with Gasteiger partial charge in [0.05, 0.1) is 11.1 Å². The second-order valence-corrected chi connectivity index (χ2v) is 5.83. The van der Waals surface area contributed by atoms with Crippen molar-refractivity contribution in [2.24, 2.45) is 0 Å². The fraction of sp³-hybridized carbons (Fsp3) is 0.438. The Kier molecular flexibility index (Phi) is 4.96. The number of amides is 1. The van der Waals surface area contributed by atoms with Gasteiger partial charge in [-0.1, -0.05) is 0 Å². The van der Waals surface area contributed by atoms with Gasteiger partial charge in [0, 0.05) is 31.4 Å². The molecule has 22 heavy (non-hydrogen) atoms. The number of anilines is 1. The highest BCUT2D eigenvalue weighted by Gasteiger charge is 2.42. The number of carboxylic acid groups (broad SMARTS) is 1. The fourth-order valence-electron chi connectivity index (χ4n) is 2.44. The lowest BCUT2D eigenvalue weighted by molar-refractivity contribution is -0.403. The summed E-state index contributed by atoms with van der Waals surface area (Å²) in [4.78, 5) is 20.0. The first kappa shape index (κ1) is 17.7. The third kappa shape index (κ3) is 3.44. The van der Waals surface area contributed by atoms with Crippen molar-refractivity contribution in [2.75, 3.05) is 12.4 Å². The average molecular weight is 306 g/mol. The van der Waals surface area contributed by atoms with Crippen molar-refractivity contribution >= 4 is 29.0 Å². The molecule has 120 valence electrons. The first-order chi connectivity index (χ1) is 9.98. The van der Waals surface area contributed by atoms with E-state index in [1.807, 2.05) is 13.1 Å². The van der Waals surface area contributed by atoms with Gasteiger partial charge in [0.25, 0.3) is 0 Å². The number of phenols is 1. The highest BCUT2D eigenvalue weighted by molar-refractivity contribution is 5.96. The number of carbonyl (C=O) groups excluding carboxylic acids is 2. The number of aliphatic carboxylic acids is 1. The Labute approximate surface area is 130 Å². The molecule has 1 heterocycles. The predicted molar refractivity (Wildman–Crippen MR) is 82.6 cm³/mol. The molecule has 0 saturated carbocycles. The van der Waals surface area contributed by atoms with Crippen molar-refractivity contribution in [2.45, 2.75) is 40.0 Å². The molecule has 1 amide bonds. The molecule has 1 aliphatic rings. The van der Waals surface area contributed by atoms with Crippen LogP contribution in [0.3, 0.4) is 0 Å². The summed E-state index contributed by atoms with van der Waals surface area (Å²) in [6.45, 7) is 8.73. The summed E-state index contributed by atoms with van der Waals surface area (Å²) in [5, 5.41) is 21.5. The molecule has 2 N–H and O–H groups in total. The maximum absolute atomic E-state index is 11.1. The number of benzene rings is 1. The highest BCUT2D eigenvalue weighted by atomic mass is 16.4. The Hall–Kier alpha value is -2.37. The number of carboxylic acids is 1. The molecule has 6 heteroatoms. The van der Waals surface area contributed by atoms with Gasteiger partial charge in [-0.3, -0.25) is 4.79 Å². The van der Waals surface area contributed by atoms with Crippen LogP contribution in [0.2, 0.25) is 0 Å². The maximum atomic E-state index is 11.1. The third-order valence-corrected chi connectivity index (χ3v) is 3.87. The summed E-state index contributed by atoms with van der Waals surface area (Å²) in [7, 11) is 2.00. The molecule has 0 unspecified atom stereocenters. The topological polar surface area (TPSA) is 92.5 Å². The predicted octanol–water partition coefficient (Wildman–Crippen LogP) is 1.13. The number of phenolic OH excluding ortho intramolecular Hbond substituents is 1. The number of nitrogens with one attached hydrogen (secondary N) is 1. The molecule has 1 aromatic carbocycles. The molecule has 0 fully saturated rings. The lowest BCUT2D eigenvalue weighted by atomic mass is 9.82. The number of fused-ring (bicyclic) bond motifs is 1. The Balaban J connectivity index is 0.000000541. The lowest BCUT2D eigenvalue weighted by Crippen LogP contribution is -2.25. The van der Waals surface area contributed by atoms with Crippen molar-refractivity contribution in [3.05, 3.63) is 17.7 Å². The molecule has 6 nitrogen and oxygen atoms in total. The second kappa shape index (κ2) is 6.17. The van der Waals surface area contributed by atoms with E-state index >= 15 is 0 Å². The van der Waals surface area contributed by atoms with Crippen LogP contribution in [-0.4, -0.2) is 34.3 Å². The number of rotatable bonds is 1. The lowest BCUT2D eigenvalue weighted by Gasteiger charge is -2.15. The first-order valence-electron chi connectivity index (χ1n) is 6.89. The Morgan fingerprint density at radius 2 is 1.77 bits per heavy atom. The largest absolute Gasteiger partial charge is 0.550 e. The van der Waals surface area contributed by atoms with E-state index in [1.54, 1.807) is 6.07 Å². The first-order valence-corrected chi connectivity index (χ1v) is 6.89. The van der Waals surface area contributed by atoms with Crippen molar-refractivity contribution in [1.82, 2.24) is 0 Å². The molecule has 0 saturated heterocycles. The molecular formula is C16H22N2O4. The molecule has 0 atom stereocenters. The van der Waals surface area contributed by atoms with Gasteiger partial charge in [-0.25, -0.2) is 4.58 Å². The number of carbonyl (C=O) groups is 2. The smallest absolute Gasteiger partial charge is 0.221 e. The van der Waals surface area contributed by atoms with E-state index in [4.69, 9.17) is 9.90 Å². The highest BCUT2D eigenvalue weighted by Crippen LogP contribution is 2.43. The van der Waals surface area contributed by atoms with E-state index in [-0.39, 0.29) is 17.1 Å². The molecule has 1 aromatic rings. The van der Waals surface area contributed by atoms with Crippen molar-refractivity contribution in [3.8, 4) is 5.75 Å². The molecule has 0 aliphatic carbocycles. The molecule has 0 radical (unpaired) electrons. The van der Waals surface area contributed by atoms with E-state index in [2.05, 4.69) is 30.7 Å².